The van der Waals surface area contributed by atoms with Crippen LogP contribution in [0.1, 0.15) is 25.8 Å². The fraction of sp³-hybridized carbons (Fsp3) is 0.231. The maximum atomic E-state index is 13.7. The van der Waals surface area contributed by atoms with Gasteiger partial charge in [-0.05, 0) is 50.1 Å². The van der Waals surface area contributed by atoms with Gasteiger partial charge in [0.05, 0.1) is 30.0 Å². The van der Waals surface area contributed by atoms with E-state index in [1.807, 2.05) is 30.3 Å². The van der Waals surface area contributed by atoms with Gasteiger partial charge in [-0.3, -0.25) is 18.5 Å². The van der Waals surface area contributed by atoms with Crippen molar-refractivity contribution in [2.75, 3.05) is 12.8 Å². The molecule has 3 aromatic heterocycles. The van der Waals surface area contributed by atoms with Gasteiger partial charge in [0.15, 0.2) is 11.5 Å². The lowest BCUT2D eigenvalue weighted by Gasteiger charge is -2.41. The van der Waals surface area contributed by atoms with Crippen LogP contribution >= 0.6 is 0 Å². The molecule has 0 amide bonds. The molecule has 5 aromatic rings. The third kappa shape index (κ3) is 3.22. The van der Waals surface area contributed by atoms with Crippen LogP contribution in [-0.4, -0.2) is 41.5 Å². The topological polar surface area (TPSA) is 130 Å². The molecule has 2 aromatic carbocycles. The third-order valence-corrected chi connectivity index (χ3v) is 6.87. The number of fused-ring (bicyclic) bond motifs is 2. The zero-order chi connectivity index (χ0) is 25.2. The van der Waals surface area contributed by atoms with E-state index in [2.05, 4.69) is 9.97 Å². The summed E-state index contributed by atoms with van der Waals surface area (Å²) in [6, 6.07) is 14.2. The molecule has 0 aliphatic heterocycles. The Labute approximate surface area is 204 Å². The zero-order valence-electron chi connectivity index (χ0n) is 19.8. The number of hydrogen-bond acceptors (Lipinski definition) is 7. The summed E-state index contributed by atoms with van der Waals surface area (Å²) >= 11 is 0. The molecule has 0 unspecified atom stereocenters. The van der Waals surface area contributed by atoms with E-state index in [4.69, 9.17) is 10.5 Å². The lowest BCUT2D eigenvalue weighted by Crippen LogP contribution is -2.45. The largest absolute Gasteiger partial charge is 0.495 e. The Morgan fingerprint density at radius 1 is 1.06 bits per heavy atom. The van der Waals surface area contributed by atoms with Crippen molar-refractivity contribution in [2.24, 2.45) is 0 Å². The molecule has 10 nitrogen and oxygen atoms in total. The first-order valence-corrected chi connectivity index (χ1v) is 11.5. The van der Waals surface area contributed by atoms with Gasteiger partial charge >= 0.3 is 5.69 Å². The van der Waals surface area contributed by atoms with E-state index in [9.17, 15) is 14.7 Å². The number of methoxy groups -OCH3 is 1. The van der Waals surface area contributed by atoms with Crippen LogP contribution in [-0.2, 0) is 0 Å². The molecule has 1 aliphatic carbocycles. The molecule has 1 saturated carbocycles. The highest BCUT2D eigenvalue weighted by atomic mass is 16.5. The number of nitrogens with zero attached hydrogens (tertiary/aromatic N) is 5. The summed E-state index contributed by atoms with van der Waals surface area (Å²) in [5.74, 6) is 0.670. The third-order valence-electron chi connectivity index (χ3n) is 6.87. The van der Waals surface area contributed by atoms with Crippen LogP contribution < -0.4 is 21.7 Å². The van der Waals surface area contributed by atoms with Crippen LogP contribution in [0.2, 0.25) is 0 Å². The predicted molar refractivity (Wildman–Crippen MR) is 136 cm³/mol. The molecule has 1 fully saturated rings. The van der Waals surface area contributed by atoms with Crippen LogP contribution in [0.25, 0.3) is 33.3 Å². The van der Waals surface area contributed by atoms with E-state index in [1.54, 1.807) is 43.0 Å². The molecular weight excluding hydrogens is 460 g/mol. The van der Waals surface area contributed by atoms with Gasteiger partial charge < -0.3 is 15.6 Å². The molecule has 10 heteroatoms. The first kappa shape index (κ1) is 22.1. The van der Waals surface area contributed by atoms with E-state index in [0.717, 1.165) is 0 Å². The van der Waals surface area contributed by atoms with Crippen molar-refractivity contribution in [3.8, 4) is 17.1 Å². The summed E-state index contributed by atoms with van der Waals surface area (Å²) in [4.78, 5) is 35.7. The molecule has 0 atom stereocenters. The number of imidazole rings is 1. The summed E-state index contributed by atoms with van der Waals surface area (Å²) in [7, 11) is 1.55. The molecule has 6 rings (SSSR count). The SMILES string of the molecule is COc1cn(-c2ccccc2)c(=O)c2cc(-n3c(=O)n(C4CC(C)(O)C4)c4ncnc(N)c43)ccc12. The van der Waals surface area contributed by atoms with Gasteiger partial charge in [0.2, 0.25) is 0 Å². The Bertz CT molecular complexity index is 1760. The highest BCUT2D eigenvalue weighted by Crippen LogP contribution is 2.41. The molecule has 3 heterocycles. The van der Waals surface area contributed by atoms with Crippen LogP contribution in [0, 0.1) is 0 Å². The Hall–Kier alpha value is -4.44. The van der Waals surface area contributed by atoms with Gasteiger partial charge in [0.1, 0.15) is 17.6 Å². The summed E-state index contributed by atoms with van der Waals surface area (Å²) in [6.07, 6.45) is 3.82. The van der Waals surface area contributed by atoms with E-state index in [0.29, 0.717) is 51.9 Å². The van der Waals surface area contributed by atoms with Crippen molar-refractivity contribution in [3.05, 3.63) is 81.9 Å². The second-order valence-corrected chi connectivity index (χ2v) is 9.42. The standard InChI is InChI=1S/C26H24N6O4/c1-26(35)11-17(12-26)32-23-21(22(27)28-14-29-23)31(25(32)34)16-8-9-18-19(10-16)24(33)30(13-20(18)36-2)15-6-4-3-5-7-15/h3-10,13-14,17,35H,11-12H2,1-2H3,(H2,27,28,29). The van der Waals surface area contributed by atoms with Crippen molar-refractivity contribution in [3.63, 3.8) is 0 Å². The quantitative estimate of drug-likeness (QED) is 0.401. The molecule has 1 aliphatic rings. The number of aromatic nitrogens is 5. The van der Waals surface area contributed by atoms with Crippen molar-refractivity contribution >= 4 is 27.8 Å². The van der Waals surface area contributed by atoms with Crippen molar-refractivity contribution in [1.29, 1.82) is 0 Å². The molecular formula is C26H24N6O4. The summed E-state index contributed by atoms with van der Waals surface area (Å²) < 4.78 is 10.1. The van der Waals surface area contributed by atoms with E-state index in [1.165, 1.54) is 15.5 Å². The molecule has 0 bridgehead atoms. The van der Waals surface area contributed by atoms with Crippen LogP contribution in [0.3, 0.4) is 0 Å². The monoisotopic (exact) mass is 484 g/mol. The second-order valence-electron chi connectivity index (χ2n) is 9.42. The molecule has 3 N–H and O–H groups in total. The number of aliphatic hydroxyl groups is 1. The number of pyridine rings is 1. The lowest BCUT2D eigenvalue weighted by molar-refractivity contribution is -0.0508. The molecule has 36 heavy (non-hydrogen) atoms. The minimum Gasteiger partial charge on any atom is -0.495 e. The first-order valence-electron chi connectivity index (χ1n) is 11.5. The molecule has 182 valence electrons. The fourth-order valence-electron chi connectivity index (χ4n) is 5.16. The number of nitrogens with two attached hydrogens (primary N) is 1. The normalized spacial score (nSPS) is 19.5. The predicted octanol–water partition coefficient (Wildman–Crippen LogP) is 2.56. The van der Waals surface area contributed by atoms with Gasteiger partial charge in [-0.15, -0.1) is 0 Å². The number of ether oxygens (including phenoxy) is 1. The smallest absolute Gasteiger partial charge is 0.335 e. The number of nitrogen functional groups attached to an aromatic ring is 1. The van der Waals surface area contributed by atoms with Crippen LogP contribution in [0.15, 0.2) is 70.6 Å². The lowest BCUT2D eigenvalue weighted by atomic mass is 9.77. The summed E-state index contributed by atoms with van der Waals surface area (Å²) in [6.45, 7) is 1.74. The number of hydrogen-bond donors (Lipinski definition) is 2. The molecule has 0 radical (unpaired) electrons. The highest BCUT2D eigenvalue weighted by Gasteiger charge is 2.41. The number of rotatable bonds is 4. The maximum Gasteiger partial charge on any atom is 0.335 e. The van der Waals surface area contributed by atoms with Gasteiger partial charge in [-0.2, -0.15) is 0 Å². The minimum atomic E-state index is -0.834. The molecule has 0 saturated heterocycles. The number of benzene rings is 2. The minimum absolute atomic E-state index is 0.148. The highest BCUT2D eigenvalue weighted by molar-refractivity contribution is 5.91. The fourth-order valence-corrected chi connectivity index (χ4v) is 5.16. The van der Waals surface area contributed by atoms with Crippen molar-refractivity contribution < 1.29 is 9.84 Å². The zero-order valence-corrected chi connectivity index (χ0v) is 19.8. The average Bonchev–Trinajstić information content (AvgIpc) is 3.16. The Kier molecular flexibility index (Phi) is 4.77. The van der Waals surface area contributed by atoms with Gasteiger partial charge in [0, 0.05) is 17.1 Å². The van der Waals surface area contributed by atoms with Gasteiger partial charge in [0.25, 0.3) is 5.56 Å². The maximum absolute atomic E-state index is 13.7. The number of para-hydroxylation sites is 1. The van der Waals surface area contributed by atoms with Crippen LogP contribution in [0.4, 0.5) is 5.82 Å². The summed E-state index contributed by atoms with van der Waals surface area (Å²) in [5, 5.41) is 11.3. The van der Waals surface area contributed by atoms with E-state index in [-0.39, 0.29) is 23.1 Å². The van der Waals surface area contributed by atoms with Crippen LogP contribution in [0.5, 0.6) is 5.75 Å². The van der Waals surface area contributed by atoms with E-state index >= 15 is 0 Å². The number of anilines is 1. The summed E-state index contributed by atoms with van der Waals surface area (Å²) in [5.41, 5.74) is 6.67. The molecule has 0 spiro atoms. The van der Waals surface area contributed by atoms with Gasteiger partial charge in [-0.1, -0.05) is 18.2 Å². The average molecular weight is 485 g/mol. The van der Waals surface area contributed by atoms with Crippen molar-refractivity contribution in [2.45, 2.75) is 31.4 Å². The second kappa shape index (κ2) is 7.79. The Morgan fingerprint density at radius 3 is 2.50 bits per heavy atom. The van der Waals surface area contributed by atoms with Gasteiger partial charge in [-0.25, -0.2) is 14.8 Å². The Balaban J connectivity index is 1.62. The Morgan fingerprint density at radius 2 is 1.81 bits per heavy atom. The van der Waals surface area contributed by atoms with Crippen molar-refractivity contribution in [1.82, 2.24) is 23.7 Å². The first-order chi connectivity index (χ1) is 17.3. The van der Waals surface area contributed by atoms with E-state index < -0.39 is 5.60 Å².